The second-order valence-corrected chi connectivity index (χ2v) is 4.43. The van der Waals surface area contributed by atoms with Gasteiger partial charge in [-0.3, -0.25) is 14.5 Å². The van der Waals surface area contributed by atoms with Crippen molar-refractivity contribution in [1.29, 1.82) is 0 Å². The van der Waals surface area contributed by atoms with Gasteiger partial charge in [0.25, 0.3) is 0 Å². The average molecular weight is 230 g/mol. The first-order chi connectivity index (χ1) is 7.41. The van der Waals surface area contributed by atoms with Crippen molar-refractivity contribution in [2.45, 2.75) is 26.7 Å². The number of nitrogens with one attached hydrogen (secondary N) is 1. The monoisotopic (exact) mass is 230 g/mol. The van der Waals surface area contributed by atoms with E-state index >= 15 is 0 Å². The van der Waals surface area contributed by atoms with E-state index in [1.54, 1.807) is 0 Å². The van der Waals surface area contributed by atoms with Crippen LogP contribution in [0.25, 0.3) is 0 Å². The summed E-state index contributed by atoms with van der Waals surface area (Å²) in [4.78, 5) is 23.5. The molecule has 0 rings (SSSR count). The fourth-order valence-corrected chi connectivity index (χ4v) is 1.20. The molecule has 0 spiro atoms. The minimum absolute atomic E-state index is 0.00785. The Hall–Kier alpha value is -1.10. The molecule has 0 heterocycles. The first-order valence-electron chi connectivity index (χ1n) is 5.59. The molecule has 0 aromatic carbocycles. The second-order valence-electron chi connectivity index (χ2n) is 4.43. The minimum atomic E-state index is -0.794. The summed E-state index contributed by atoms with van der Waals surface area (Å²) in [6.45, 7) is 5.71. The van der Waals surface area contributed by atoms with E-state index in [0.717, 1.165) is 0 Å². The normalized spacial score (nSPS) is 10.8. The molecule has 0 saturated carbocycles. The van der Waals surface area contributed by atoms with Crippen molar-refractivity contribution in [2.75, 3.05) is 26.7 Å². The van der Waals surface area contributed by atoms with Gasteiger partial charge < -0.3 is 10.4 Å². The fourth-order valence-electron chi connectivity index (χ4n) is 1.20. The zero-order valence-corrected chi connectivity index (χ0v) is 10.3. The van der Waals surface area contributed by atoms with Crippen LogP contribution in [0.1, 0.15) is 26.7 Å². The van der Waals surface area contributed by atoms with E-state index < -0.39 is 5.97 Å². The van der Waals surface area contributed by atoms with Crippen LogP contribution < -0.4 is 5.32 Å². The van der Waals surface area contributed by atoms with Gasteiger partial charge in [0.2, 0.25) is 5.91 Å². The highest BCUT2D eigenvalue weighted by Crippen LogP contribution is 1.93. The Morgan fingerprint density at radius 1 is 1.38 bits per heavy atom. The Balaban J connectivity index is 3.57. The maximum atomic E-state index is 11.4. The van der Waals surface area contributed by atoms with Crippen molar-refractivity contribution in [3.05, 3.63) is 0 Å². The van der Waals surface area contributed by atoms with Gasteiger partial charge in [-0.25, -0.2) is 0 Å². The number of hydrogen-bond acceptors (Lipinski definition) is 3. The topological polar surface area (TPSA) is 69.6 Å². The lowest BCUT2D eigenvalue weighted by Gasteiger charge is -2.16. The van der Waals surface area contributed by atoms with Gasteiger partial charge in [-0.1, -0.05) is 13.8 Å². The summed E-state index contributed by atoms with van der Waals surface area (Å²) in [6.07, 6.45) is 0.723. The minimum Gasteiger partial charge on any atom is -0.481 e. The first-order valence-corrected chi connectivity index (χ1v) is 5.59. The molecule has 0 aliphatic rings. The number of rotatable bonds is 8. The fraction of sp³-hybridized carbons (Fsp3) is 0.818. The van der Waals surface area contributed by atoms with E-state index in [2.05, 4.69) is 5.32 Å². The number of hydrogen-bond donors (Lipinski definition) is 2. The van der Waals surface area contributed by atoms with Crippen LogP contribution >= 0.6 is 0 Å². The summed E-state index contributed by atoms with van der Waals surface area (Å²) in [5, 5.41) is 11.3. The molecule has 1 amide bonds. The van der Waals surface area contributed by atoms with Crippen molar-refractivity contribution in [1.82, 2.24) is 10.2 Å². The van der Waals surface area contributed by atoms with E-state index in [1.807, 2.05) is 25.8 Å². The standard InChI is InChI=1S/C11H22N2O3/c1-9(2)7-12-10(14)8-13(3)6-4-5-11(15)16/h9H,4-8H2,1-3H3,(H,12,14)(H,15,16). The Kier molecular flexibility index (Phi) is 7.54. The van der Waals surface area contributed by atoms with Gasteiger partial charge >= 0.3 is 5.97 Å². The molecule has 5 heteroatoms. The molecule has 0 aliphatic heterocycles. The quantitative estimate of drug-likeness (QED) is 0.639. The lowest BCUT2D eigenvalue weighted by atomic mass is 10.2. The van der Waals surface area contributed by atoms with Crippen LogP contribution in [0.15, 0.2) is 0 Å². The van der Waals surface area contributed by atoms with Gasteiger partial charge in [0.05, 0.1) is 6.54 Å². The lowest BCUT2D eigenvalue weighted by Crippen LogP contribution is -2.37. The number of carbonyl (C=O) groups excluding carboxylic acids is 1. The predicted molar refractivity (Wildman–Crippen MR) is 62.2 cm³/mol. The summed E-state index contributed by atoms with van der Waals surface area (Å²) in [7, 11) is 1.82. The molecule has 0 radical (unpaired) electrons. The van der Waals surface area contributed by atoms with Crippen molar-refractivity contribution in [3.8, 4) is 0 Å². The van der Waals surface area contributed by atoms with Gasteiger partial charge in [-0.2, -0.15) is 0 Å². The SMILES string of the molecule is CC(C)CNC(=O)CN(C)CCCC(=O)O. The molecular formula is C11H22N2O3. The van der Waals surface area contributed by atoms with Gasteiger partial charge in [-0.15, -0.1) is 0 Å². The largest absolute Gasteiger partial charge is 0.481 e. The predicted octanol–water partition coefficient (Wildman–Crippen LogP) is 0.555. The molecule has 0 aromatic rings. The van der Waals surface area contributed by atoms with E-state index in [0.29, 0.717) is 32.0 Å². The van der Waals surface area contributed by atoms with Gasteiger partial charge in [0.15, 0.2) is 0 Å². The number of likely N-dealkylation sites (N-methyl/N-ethyl adjacent to an activating group) is 1. The van der Waals surface area contributed by atoms with E-state index in [4.69, 9.17) is 5.11 Å². The van der Waals surface area contributed by atoms with Gasteiger partial charge in [0, 0.05) is 13.0 Å². The average Bonchev–Trinajstić information content (AvgIpc) is 2.14. The van der Waals surface area contributed by atoms with Crippen LogP contribution in [0.5, 0.6) is 0 Å². The number of carbonyl (C=O) groups is 2. The molecule has 0 fully saturated rings. The summed E-state index contributed by atoms with van der Waals surface area (Å²) >= 11 is 0. The van der Waals surface area contributed by atoms with Gasteiger partial charge in [0.1, 0.15) is 0 Å². The number of aliphatic carboxylic acids is 1. The van der Waals surface area contributed by atoms with E-state index in [-0.39, 0.29) is 12.3 Å². The number of carboxylic acid groups (broad SMARTS) is 1. The molecule has 0 atom stereocenters. The van der Waals surface area contributed by atoms with Crippen molar-refractivity contribution < 1.29 is 14.7 Å². The van der Waals surface area contributed by atoms with Crippen LogP contribution in [-0.4, -0.2) is 48.6 Å². The van der Waals surface area contributed by atoms with Crippen molar-refractivity contribution in [2.24, 2.45) is 5.92 Å². The second kappa shape index (κ2) is 8.10. The third-order valence-corrected chi connectivity index (χ3v) is 2.05. The molecule has 5 nitrogen and oxygen atoms in total. The van der Waals surface area contributed by atoms with Crippen LogP contribution in [0, 0.1) is 5.92 Å². The first kappa shape index (κ1) is 14.9. The maximum absolute atomic E-state index is 11.4. The Morgan fingerprint density at radius 3 is 2.50 bits per heavy atom. The van der Waals surface area contributed by atoms with Crippen molar-refractivity contribution in [3.63, 3.8) is 0 Å². The zero-order chi connectivity index (χ0) is 12.6. The summed E-state index contributed by atoms with van der Waals surface area (Å²) < 4.78 is 0. The third-order valence-electron chi connectivity index (χ3n) is 2.05. The number of amides is 1. The Morgan fingerprint density at radius 2 is 2.00 bits per heavy atom. The molecule has 0 unspecified atom stereocenters. The third kappa shape index (κ3) is 9.45. The Labute approximate surface area is 96.8 Å². The molecule has 16 heavy (non-hydrogen) atoms. The Bertz CT molecular complexity index is 229. The van der Waals surface area contributed by atoms with Crippen molar-refractivity contribution >= 4 is 11.9 Å². The van der Waals surface area contributed by atoms with Crippen LogP contribution in [0.2, 0.25) is 0 Å². The number of nitrogens with zero attached hydrogens (tertiary/aromatic N) is 1. The number of carboxylic acids is 1. The smallest absolute Gasteiger partial charge is 0.303 e. The highest BCUT2D eigenvalue weighted by molar-refractivity contribution is 5.77. The summed E-state index contributed by atoms with van der Waals surface area (Å²) in [6, 6.07) is 0. The lowest BCUT2D eigenvalue weighted by molar-refractivity contribution is -0.137. The van der Waals surface area contributed by atoms with Gasteiger partial charge in [-0.05, 0) is 25.9 Å². The van der Waals surface area contributed by atoms with E-state index in [1.165, 1.54) is 0 Å². The zero-order valence-electron chi connectivity index (χ0n) is 10.3. The molecule has 2 N–H and O–H groups in total. The molecular weight excluding hydrogens is 208 g/mol. The highest BCUT2D eigenvalue weighted by atomic mass is 16.4. The van der Waals surface area contributed by atoms with E-state index in [9.17, 15) is 9.59 Å². The van der Waals surface area contributed by atoms with Crippen LogP contribution in [0.3, 0.4) is 0 Å². The van der Waals surface area contributed by atoms with Crippen LogP contribution in [0.4, 0.5) is 0 Å². The van der Waals surface area contributed by atoms with Crippen LogP contribution in [-0.2, 0) is 9.59 Å². The molecule has 0 aromatic heterocycles. The summed E-state index contributed by atoms with van der Waals surface area (Å²) in [5.41, 5.74) is 0. The molecule has 0 bridgehead atoms. The molecule has 0 aliphatic carbocycles. The highest BCUT2D eigenvalue weighted by Gasteiger charge is 2.07. The molecule has 0 saturated heterocycles. The molecule has 94 valence electrons. The maximum Gasteiger partial charge on any atom is 0.303 e. The summed E-state index contributed by atoms with van der Waals surface area (Å²) in [5.74, 6) is -0.356.